The highest BCUT2D eigenvalue weighted by atomic mass is 16.5. The lowest BCUT2D eigenvalue weighted by Gasteiger charge is -2.48. The van der Waals surface area contributed by atoms with E-state index in [0.29, 0.717) is 12.6 Å². The molecule has 0 radical (unpaired) electrons. The molecule has 3 fully saturated rings. The van der Waals surface area contributed by atoms with Crippen molar-refractivity contribution in [3.63, 3.8) is 0 Å². The third-order valence-corrected chi connectivity index (χ3v) is 8.08. The van der Waals surface area contributed by atoms with Crippen LogP contribution in [0.3, 0.4) is 0 Å². The van der Waals surface area contributed by atoms with E-state index >= 15 is 0 Å². The zero-order valence-electron chi connectivity index (χ0n) is 20.2. The first-order valence-electron chi connectivity index (χ1n) is 12.8. The predicted octanol–water partition coefficient (Wildman–Crippen LogP) is 3.16. The van der Waals surface area contributed by atoms with E-state index in [2.05, 4.69) is 16.8 Å². The van der Waals surface area contributed by atoms with Crippen molar-refractivity contribution < 1.29 is 14.6 Å². The number of likely N-dealkylation sites (tertiary alicyclic amines) is 2. The Labute approximate surface area is 199 Å². The molecule has 2 heterocycles. The minimum absolute atomic E-state index is 0.0937. The van der Waals surface area contributed by atoms with Crippen LogP contribution in [0, 0.1) is 11.8 Å². The Morgan fingerprint density at radius 2 is 1.85 bits per heavy atom. The van der Waals surface area contributed by atoms with Crippen LogP contribution in [0.2, 0.25) is 0 Å². The number of amides is 1. The number of ether oxygens (including phenoxy) is 1. The number of nitrogens with one attached hydrogen (secondary N) is 1. The molecule has 2 saturated heterocycles. The van der Waals surface area contributed by atoms with Crippen molar-refractivity contribution >= 4 is 5.91 Å². The Kier molecular flexibility index (Phi) is 8.10. The summed E-state index contributed by atoms with van der Waals surface area (Å²) in [7, 11) is 1.66. The maximum Gasteiger partial charge on any atom is 0.225 e. The van der Waals surface area contributed by atoms with Crippen molar-refractivity contribution in [2.45, 2.75) is 56.6 Å². The van der Waals surface area contributed by atoms with Crippen LogP contribution in [0.5, 0.6) is 5.75 Å². The van der Waals surface area contributed by atoms with Gasteiger partial charge in [0.15, 0.2) is 0 Å². The molecule has 0 aromatic heterocycles. The fourth-order valence-corrected chi connectivity index (χ4v) is 6.00. The maximum absolute atomic E-state index is 13.2. The maximum atomic E-state index is 13.2. The molecule has 1 aromatic carbocycles. The van der Waals surface area contributed by atoms with Crippen LogP contribution >= 0.6 is 0 Å². The summed E-state index contributed by atoms with van der Waals surface area (Å²) in [4.78, 5) is 17.7. The van der Waals surface area contributed by atoms with E-state index in [-0.39, 0.29) is 17.7 Å². The van der Waals surface area contributed by atoms with Gasteiger partial charge in [-0.2, -0.15) is 0 Å². The molecule has 1 aliphatic carbocycles. The molecule has 182 valence electrons. The first-order valence-corrected chi connectivity index (χ1v) is 12.8. The number of hydrogen-bond acceptors (Lipinski definition) is 5. The second-order valence-electron chi connectivity index (χ2n) is 10.2. The first kappa shape index (κ1) is 24.2. The molecule has 1 saturated carbocycles. The number of carbonyl (C=O) groups excluding carboxylic acids is 1. The van der Waals surface area contributed by atoms with Crippen LogP contribution in [0.15, 0.2) is 36.9 Å². The summed E-state index contributed by atoms with van der Waals surface area (Å²) in [5.74, 6) is 1.26. The highest BCUT2D eigenvalue weighted by molar-refractivity contribution is 5.79. The van der Waals surface area contributed by atoms with E-state index < -0.39 is 5.60 Å². The van der Waals surface area contributed by atoms with Crippen LogP contribution in [0.25, 0.3) is 0 Å². The standard InChI is InChI=1S/C27H41N3O3/c1-3-15-28-24-13-16-29(17-14-24)19-23-12-18-30(26(31)21-6-4-5-7-21)20-27(23,32)22-8-10-25(33-2)11-9-22/h3,8-11,21,23-24,28,32H,1,4-7,12-20H2,2H3/t23-,27-/m0/s1. The molecule has 6 nitrogen and oxygen atoms in total. The van der Waals surface area contributed by atoms with Crippen molar-refractivity contribution in [2.24, 2.45) is 11.8 Å². The molecule has 0 spiro atoms. The average Bonchev–Trinajstić information content (AvgIpc) is 3.39. The fourth-order valence-electron chi connectivity index (χ4n) is 6.00. The Morgan fingerprint density at radius 3 is 2.48 bits per heavy atom. The van der Waals surface area contributed by atoms with Crippen molar-refractivity contribution in [1.29, 1.82) is 0 Å². The van der Waals surface area contributed by atoms with Gasteiger partial charge in [-0.1, -0.05) is 31.1 Å². The van der Waals surface area contributed by atoms with Gasteiger partial charge in [-0.3, -0.25) is 4.79 Å². The number of hydrogen-bond donors (Lipinski definition) is 2. The van der Waals surface area contributed by atoms with Crippen molar-refractivity contribution in [3.8, 4) is 5.75 Å². The van der Waals surface area contributed by atoms with Crippen LogP contribution in [-0.4, -0.2) is 73.2 Å². The topological polar surface area (TPSA) is 65.0 Å². The number of rotatable bonds is 8. The molecule has 2 aliphatic heterocycles. The summed E-state index contributed by atoms with van der Waals surface area (Å²) in [5, 5.41) is 15.7. The zero-order valence-corrected chi connectivity index (χ0v) is 20.2. The minimum Gasteiger partial charge on any atom is -0.497 e. The number of aliphatic hydroxyl groups is 1. The lowest BCUT2D eigenvalue weighted by Crippen LogP contribution is -2.57. The van der Waals surface area contributed by atoms with Crippen molar-refractivity contribution in [2.75, 3.05) is 46.4 Å². The van der Waals surface area contributed by atoms with Gasteiger partial charge in [0.25, 0.3) is 0 Å². The zero-order chi connectivity index (χ0) is 23.3. The fraction of sp³-hybridized carbons (Fsp3) is 0.667. The Bertz CT molecular complexity index is 784. The SMILES string of the molecule is C=CCNC1CCN(C[C@@H]2CCN(C(=O)C3CCCC3)C[C@]2(O)c2ccc(OC)cc2)CC1. The predicted molar refractivity (Wildman–Crippen MR) is 131 cm³/mol. The van der Waals surface area contributed by atoms with Gasteiger partial charge in [0.1, 0.15) is 11.4 Å². The Hall–Kier alpha value is -1.89. The average molecular weight is 456 g/mol. The van der Waals surface area contributed by atoms with Gasteiger partial charge >= 0.3 is 0 Å². The van der Waals surface area contributed by atoms with E-state index in [1.165, 1.54) is 0 Å². The second kappa shape index (κ2) is 11.0. The highest BCUT2D eigenvalue weighted by Gasteiger charge is 2.46. The van der Waals surface area contributed by atoms with Gasteiger partial charge in [-0.05, 0) is 62.9 Å². The normalized spacial score (nSPS) is 27.6. The van der Waals surface area contributed by atoms with Gasteiger partial charge in [-0.15, -0.1) is 6.58 Å². The number of nitrogens with zero attached hydrogens (tertiary/aromatic N) is 2. The van der Waals surface area contributed by atoms with Crippen LogP contribution in [0.1, 0.15) is 50.5 Å². The van der Waals surface area contributed by atoms with Crippen LogP contribution < -0.4 is 10.1 Å². The molecular weight excluding hydrogens is 414 g/mol. The summed E-state index contributed by atoms with van der Waals surface area (Å²) in [5.41, 5.74) is -0.156. The number of carbonyl (C=O) groups is 1. The second-order valence-corrected chi connectivity index (χ2v) is 10.2. The summed E-state index contributed by atoms with van der Waals surface area (Å²) in [6, 6.07) is 8.32. The number of piperidine rings is 2. The smallest absolute Gasteiger partial charge is 0.225 e. The van der Waals surface area contributed by atoms with Crippen molar-refractivity contribution in [1.82, 2.24) is 15.1 Å². The molecule has 6 heteroatoms. The van der Waals surface area contributed by atoms with Gasteiger partial charge in [0.05, 0.1) is 13.7 Å². The van der Waals surface area contributed by atoms with E-state index in [0.717, 1.165) is 89.0 Å². The Morgan fingerprint density at radius 1 is 1.15 bits per heavy atom. The van der Waals surface area contributed by atoms with E-state index in [4.69, 9.17) is 4.74 Å². The molecule has 4 rings (SSSR count). The summed E-state index contributed by atoms with van der Waals surface area (Å²) >= 11 is 0. The Balaban J connectivity index is 1.47. The molecule has 0 unspecified atom stereocenters. The van der Waals surface area contributed by atoms with Crippen LogP contribution in [0.4, 0.5) is 0 Å². The lowest BCUT2D eigenvalue weighted by molar-refractivity contribution is -0.149. The number of methoxy groups -OCH3 is 1. The van der Waals surface area contributed by atoms with E-state index in [1.54, 1.807) is 7.11 Å². The number of β-amino-alcohol motifs (C(OH)–C–C–N with tert-alkyl or cyclic N) is 1. The van der Waals surface area contributed by atoms with Gasteiger partial charge in [0.2, 0.25) is 5.91 Å². The third-order valence-electron chi connectivity index (χ3n) is 8.08. The molecule has 1 aromatic rings. The van der Waals surface area contributed by atoms with Gasteiger partial charge in [-0.25, -0.2) is 0 Å². The molecule has 3 aliphatic rings. The molecule has 33 heavy (non-hydrogen) atoms. The highest BCUT2D eigenvalue weighted by Crippen LogP contribution is 2.39. The first-order chi connectivity index (χ1) is 16.0. The van der Waals surface area contributed by atoms with Crippen LogP contribution in [-0.2, 0) is 10.4 Å². The third kappa shape index (κ3) is 5.61. The van der Waals surface area contributed by atoms with Gasteiger partial charge in [0, 0.05) is 37.5 Å². The van der Waals surface area contributed by atoms with E-state index in [9.17, 15) is 9.90 Å². The minimum atomic E-state index is -1.04. The number of benzene rings is 1. The summed E-state index contributed by atoms with van der Waals surface area (Å²) in [6.07, 6.45) is 9.27. The molecular formula is C27H41N3O3. The molecule has 2 N–H and O–H groups in total. The molecule has 2 atom stereocenters. The monoisotopic (exact) mass is 455 g/mol. The summed E-state index contributed by atoms with van der Waals surface area (Å²) < 4.78 is 5.34. The largest absolute Gasteiger partial charge is 0.497 e. The van der Waals surface area contributed by atoms with E-state index in [1.807, 2.05) is 35.2 Å². The van der Waals surface area contributed by atoms with Crippen molar-refractivity contribution in [3.05, 3.63) is 42.5 Å². The summed E-state index contributed by atoms with van der Waals surface area (Å²) in [6.45, 7) is 8.72. The quantitative estimate of drug-likeness (QED) is 0.590. The molecule has 1 amide bonds. The molecule has 0 bridgehead atoms. The lowest BCUT2D eigenvalue weighted by atomic mass is 9.75. The van der Waals surface area contributed by atoms with Gasteiger partial charge < -0.3 is 25.0 Å².